The second kappa shape index (κ2) is 5.35. The predicted molar refractivity (Wildman–Crippen MR) is 76.5 cm³/mol. The van der Waals surface area contributed by atoms with Crippen molar-refractivity contribution < 1.29 is 0 Å². The van der Waals surface area contributed by atoms with E-state index in [4.69, 9.17) is 5.26 Å². The van der Waals surface area contributed by atoms with Gasteiger partial charge in [0.2, 0.25) is 0 Å². The monoisotopic (exact) mass is 254 g/mol. The molecule has 2 saturated carbocycles. The number of rotatable bonds is 3. The third-order valence-corrected chi connectivity index (χ3v) is 5.16. The van der Waals surface area contributed by atoms with Gasteiger partial charge in [-0.1, -0.05) is 31.4 Å². The maximum atomic E-state index is 8.79. The lowest BCUT2D eigenvalue weighted by Gasteiger charge is -2.52. The van der Waals surface area contributed by atoms with Gasteiger partial charge in [0, 0.05) is 12.6 Å². The Hall–Kier alpha value is -1.33. The van der Waals surface area contributed by atoms with Gasteiger partial charge in [0.15, 0.2) is 0 Å². The van der Waals surface area contributed by atoms with Crippen molar-refractivity contribution in [3.05, 3.63) is 35.4 Å². The Balaban J connectivity index is 1.56. The van der Waals surface area contributed by atoms with Crippen molar-refractivity contribution in [1.29, 1.82) is 5.26 Å². The van der Waals surface area contributed by atoms with Crippen LogP contribution in [0.25, 0.3) is 0 Å². The van der Waals surface area contributed by atoms with Gasteiger partial charge in [-0.05, 0) is 48.8 Å². The maximum Gasteiger partial charge on any atom is 0.0991 e. The van der Waals surface area contributed by atoms with Gasteiger partial charge >= 0.3 is 0 Å². The number of nitrogens with one attached hydrogen (secondary N) is 1. The van der Waals surface area contributed by atoms with Crippen molar-refractivity contribution in [3.8, 4) is 6.07 Å². The number of nitrogens with zero attached hydrogens (tertiary/aromatic N) is 1. The smallest absolute Gasteiger partial charge is 0.0991 e. The van der Waals surface area contributed by atoms with Gasteiger partial charge in [0.1, 0.15) is 0 Å². The van der Waals surface area contributed by atoms with Crippen LogP contribution in [-0.2, 0) is 6.54 Å². The molecule has 1 N–H and O–H groups in total. The van der Waals surface area contributed by atoms with Crippen LogP contribution < -0.4 is 5.32 Å². The Labute approximate surface area is 115 Å². The van der Waals surface area contributed by atoms with Crippen molar-refractivity contribution >= 4 is 0 Å². The Bertz CT molecular complexity index is 463. The average Bonchev–Trinajstić information content (AvgIpc) is 2.48. The molecule has 1 unspecified atom stereocenters. The highest BCUT2D eigenvalue weighted by Crippen LogP contribution is 2.51. The van der Waals surface area contributed by atoms with Crippen LogP contribution >= 0.6 is 0 Å². The van der Waals surface area contributed by atoms with Crippen LogP contribution in [0.5, 0.6) is 0 Å². The molecular weight excluding hydrogens is 232 g/mol. The van der Waals surface area contributed by atoms with Crippen LogP contribution in [-0.4, -0.2) is 6.04 Å². The zero-order valence-electron chi connectivity index (χ0n) is 11.5. The summed E-state index contributed by atoms with van der Waals surface area (Å²) in [5.41, 5.74) is 2.66. The first-order valence-corrected chi connectivity index (χ1v) is 7.55. The molecule has 2 fully saturated rings. The Morgan fingerprint density at radius 3 is 2.42 bits per heavy atom. The molecule has 1 atom stereocenters. The summed E-state index contributed by atoms with van der Waals surface area (Å²) in [6, 6.07) is 10.8. The summed E-state index contributed by atoms with van der Waals surface area (Å²) in [5.74, 6) is 0. The Morgan fingerprint density at radius 1 is 1.11 bits per heavy atom. The molecule has 0 aliphatic heterocycles. The molecule has 2 aliphatic carbocycles. The molecule has 1 aromatic rings. The molecule has 19 heavy (non-hydrogen) atoms. The van der Waals surface area contributed by atoms with Gasteiger partial charge in [-0.15, -0.1) is 0 Å². The minimum Gasteiger partial charge on any atom is -0.309 e. The molecule has 100 valence electrons. The molecule has 2 heteroatoms. The van der Waals surface area contributed by atoms with Crippen molar-refractivity contribution in [2.24, 2.45) is 5.41 Å². The molecule has 1 spiro atoms. The van der Waals surface area contributed by atoms with Gasteiger partial charge in [0.25, 0.3) is 0 Å². The van der Waals surface area contributed by atoms with E-state index in [0.29, 0.717) is 5.41 Å². The van der Waals surface area contributed by atoms with Crippen LogP contribution in [0.3, 0.4) is 0 Å². The van der Waals surface area contributed by atoms with E-state index in [1.54, 1.807) is 0 Å². The van der Waals surface area contributed by atoms with E-state index in [1.165, 1.54) is 50.5 Å². The Morgan fingerprint density at radius 2 is 1.84 bits per heavy atom. The first-order chi connectivity index (χ1) is 9.32. The first-order valence-electron chi connectivity index (χ1n) is 7.55. The topological polar surface area (TPSA) is 35.8 Å². The van der Waals surface area contributed by atoms with E-state index in [9.17, 15) is 0 Å². The Kier molecular flexibility index (Phi) is 3.57. The van der Waals surface area contributed by atoms with Crippen LogP contribution in [0.2, 0.25) is 0 Å². The number of hydrogen-bond donors (Lipinski definition) is 1. The van der Waals surface area contributed by atoms with Crippen molar-refractivity contribution in [2.75, 3.05) is 0 Å². The predicted octanol–water partition coefficient (Wildman–Crippen LogP) is 3.76. The van der Waals surface area contributed by atoms with E-state index in [0.717, 1.165) is 18.2 Å². The summed E-state index contributed by atoms with van der Waals surface area (Å²) >= 11 is 0. The molecule has 0 bridgehead atoms. The van der Waals surface area contributed by atoms with Gasteiger partial charge in [-0.3, -0.25) is 0 Å². The molecule has 2 aliphatic rings. The third-order valence-electron chi connectivity index (χ3n) is 5.16. The molecule has 0 aromatic heterocycles. The number of benzene rings is 1. The van der Waals surface area contributed by atoms with E-state index in [1.807, 2.05) is 12.1 Å². The van der Waals surface area contributed by atoms with E-state index in [2.05, 4.69) is 23.5 Å². The molecular formula is C17H22N2. The fourth-order valence-corrected chi connectivity index (χ4v) is 3.81. The normalized spacial score (nSPS) is 24.7. The highest BCUT2D eigenvalue weighted by atomic mass is 15.0. The lowest BCUT2D eigenvalue weighted by molar-refractivity contribution is 0.0221. The number of nitriles is 1. The third kappa shape index (κ3) is 2.53. The van der Waals surface area contributed by atoms with Crippen molar-refractivity contribution in [1.82, 2.24) is 5.32 Å². The van der Waals surface area contributed by atoms with Crippen LogP contribution in [0, 0.1) is 16.7 Å². The van der Waals surface area contributed by atoms with E-state index < -0.39 is 0 Å². The van der Waals surface area contributed by atoms with Gasteiger partial charge in [-0.2, -0.15) is 5.26 Å². The minimum absolute atomic E-state index is 0.630. The summed E-state index contributed by atoms with van der Waals surface area (Å²) in [5, 5.41) is 12.5. The minimum atomic E-state index is 0.630. The van der Waals surface area contributed by atoms with Gasteiger partial charge < -0.3 is 5.32 Å². The van der Waals surface area contributed by atoms with E-state index in [-0.39, 0.29) is 0 Å². The summed E-state index contributed by atoms with van der Waals surface area (Å²) < 4.78 is 0. The molecule has 3 rings (SSSR count). The lowest BCUT2D eigenvalue weighted by atomic mass is 9.57. The second-order valence-corrected chi connectivity index (χ2v) is 6.20. The zero-order valence-corrected chi connectivity index (χ0v) is 11.5. The number of hydrogen-bond acceptors (Lipinski definition) is 2. The summed E-state index contributed by atoms with van der Waals surface area (Å²) in [6.45, 7) is 0.943. The average molecular weight is 254 g/mol. The molecule has 1 aromatic carbocycles. The summed E-state index contributed by atoms with van der Waals surface area (Å²) in [6.07, 6.45) is 9.92. The fraction of sp³-hybridized carbons (Fsp3) is 0.588. The van der Waals surface area contributed by atoms with Crippen molar-refractivity contribution in [2.45, 2.75) is 57.5 Å². The molecule has 0 saturated heterocycles. The molecule has 0 heterocycles. The maximum absolute atomic E-state index is 8.79. The van der Waals surface area contributed by atoms with Crippen molar-refractivity contribution in [3.63, 3.8) is 0 Å². The largest absolute Gasteiger partial charge is 0.309 e. The SMILES string of the molecule is N#Cc1ccc(CNC2CCC23CCCCC3)cc1. The van der Waals surface area contributed by atoms with Gasteiger partial charge in [-0.25, -0.2) is 0 Å². The van der Waals surface area contributed by atoms with Crippen LogP contribution in [0.1, 0.15) is 56.1 Å². The second-order valence-electron chi connectivity index (χ2n) is 6.20. The molecule has 0 radical (unpaired) electrons. The summed E-state index contributed by atoms with van der Waals surface area (Å²) in [7, 11) is 0. The zero-order chi connectivity index (χ0) is 13.1. The quantitative estimate of drug-likeness (QED) is 0.891. The molecule has 0 amide bonds. The molecule has 2 nitrogen and oxygen atoms in total. The standard InChI is InChI=1S/C17H22N2/c18-12-14-4-6-15(7-5-14)13-19-16-8-11-17(16)9-2-1-3-10-17/h4-7,16,19H,1-3,8-11,13H2. The van der Waals surface area contributed by atoms with E-state index >= 15 is 0 Å². The first kappa shape index (κ1) is 12.7. The lowest BCUT2D eigenvalue weighted by Crippen LogP contribution is -2.53. The summed E-state index contributed by atoms with van der Waals surface area (Å²) in [4.78, 5) is 0. The van der Waals surface area contributed by atoms with Gasteiger partial charge in [0.05, 0.1) is 11.6 Å². The highest BCUT2D eigenvalue weighted by molar-refractivity contribution is 5.31. The van der Waals surface area contributed by atoms with Crippen LogP contribution in [0.4, 0.5) is 0 Å². The highest BCUT2D eigenvalue weighted by Gasteiger charge is 2.46. The fourth-order valence-electron chi connectivity index (χ4n) is 3.81. The van der Waals surface area contributed by atoms with Crippen LogP contribution in [0.15, 0.2) is 24.3 Å².